The Morgan fingerprint density at radius 3 is 2.72 bits per heavy atom. The third kappa shape index (κ3) is 3.41. The number of hydrogen-bond donors (Lipinski definition) is 1. The molecule has 0 amide bonds. The van der Waals surface area contributed by atoms with Gasteiger partial charge in [0.1, 0.15) is 0 Å². The van der Waals surface area contributed by atoms with Gasteiger partial charge in [-0.1, -0.05) is 6.07 Å². The molecule has 0 saturated carbocycles. The molecule has 1 fully saturated rings. The van der Waals surface area contributed by atoms with Gasteiger partial charge in [-0.25, -0.2) is 0 Å². The lowest BCUT2D eigenvalue weighted by atomic mass is 9.96. The lowest BCUT2D eigenvalue weighted by Gasteiger charge is -2.28. The molecule has 1 aliphatic rings. The smallest absolute Gasteiger partial charge is 0.170 e. The first-order valence-corrected chi connectivity index (χ1v) is 9.05. The van der Waals surface area contributed by atoms with Crippen LogP contribution in [0.15, 0.2) is 30.5 Å². The van der Waals surface area contributed by atoms with Crippen molar-refractivity contribution in [3.8, 4) is 0 Å². The van der Waals surface area contributed by atoms with E-state index in [4.69, 9.17) is 17.0 Å². The number of hydrogen-bond acceptors (Lipinski definition) is 3. The van der Waals surface area contributed by atoms with Crippen molar-refractivity contribution in [2.24, 2.45) is 7.05 Å². The van der Waals surface area contributed by atoms with Crippen LogP contribution in [-0.2, 0) is 11.8 Å². The van der Waals surface area contributed by atoms with Gasteiger partial charge in [-0.2, -0.15) is 0 Å². The molecule has 0 aliphatic carbocycles. The van der Waals surface area contributed by atoms with Crippen LogP contribution in [0, 0.1) is 13.8 Å². The summed E-state index contributed by atoms with van der Waals surface area (Å²) < 4.78 is 7.47. The maximum atomic E-state index is 5.67. The molecule has 3 rings (SSSR count). The van der Waals surface area contributed by atoms with Crippen LogP contribution in [0.2, 0.25) is 0 Å². The van der Waals surface area contributed by atoms with Gasteiger partial charge in [-0.15, -0.1) is 0 Å². The first-order chi connectivity index (χ1) is 12.0. The van der Waals surface area contributed by atoms with Crippen LogP contribution in [0.4, 0.5) is 0 Å². The van der Waals surface area contributed by atoms with E-state index in [9.17, 15) is 0 Å². The van der Waals surface area contributed by atoms with Crippen LogP contribution < -0.4 is 5.32 Å². The van der Waals surface area contributed by atoms with E-state index in [1.54, 1.807) is 7.11 Å². The monoisotopic (exact) mass is 358 g/mol. The van der Waals surface area contributed by atoms with E-state index in [0.29, 0.717) is 0 Å². The van der Waals surface area contributed by atoms with Gasteiger partial charge in [0.15, 0.2) is 5.11 Å². The molecule has 0 unspecified atom stereocenters. The summed E-state index contributed by atoms with van der Waals surface area (Å²) in [5.41, 5.74) is 4.85. The van der Waals surface area contributed by atoms with Crippen molar-refractivity contribution in [2.75, 3.05) is 20.3 Å². The minimum Gasteiger partial charge on any atom is -0.385 e. The number of nitrogens with zero attached hydrogens (tertiary/aromatic N) is 3. The average Bonchev–Trinajstić information content (AvgIpc) is 3.07. The molecule has 2 aromatic rings. The number of pyridine rings is 1. The van der Waals surface area contributed by atoms with Gasteiger partial charge in [-0.3, -0.25) is 4.98 Å². The minimum absolute atomic E-state index is 0.0525. The van der Waals surface area contributed by atoms with E-state index in [1.165, 1.54) is 17.0 Å². The third-order valence-corrected chi connectivity index (χ3v) is 5.43. The normalized spacial score (nSPS) is 20.2. The highest BCUT2D eigenvalue weighted by atomic mass is 32.1. The summed E-state index contributed by atoms with van der Waals surface area (Å²) in [5.74, 6) is 0. The van der Waals surface area contributed by atoms with Crippen molar-refractivity contribution in [3.05, 3.63) is 53.1 Å². The Bertz CT molecular complexity index is 743. The highest BCUT2D eigenvalue weighted by Gasteiger charge is 2.40. The topological polar surface area (TPSA) is 42.3 Å². The summed E-state index contributed by atoms with van der Waals surface area (Å²) in [6, 6.07) is 8.50. The average molecular weight is 359 g/mol. The number of methoxy groups -OCH3 is 1. The molecule has 1 aliphatic heterocycles. The summed E-state index contributed by atoms with van der Waals surface area (Å²) in [6.45, 7) is 5.91. The summed E-state index contributed by atoms with van der Waals surface area (Å²) in [6.07, 6.45) is 2.78. The number of aryl methyl sites for hydroxylation is 1. The van der Waals surface area contributed by atoms with Crippen LogP contribution in [0.1, 0.15) is 41.1 Å². The molecule has 3 heterocycles. The molecule has 2 atom stereocenters. The van der Waals surface area contributed by atoms with Gasteiger partial charge in [-0.05, 0) is 56.2 Å². The Kier molecular flexibility index (Phi) is 5.39. The summed E-state index contributed by atoms with van der Waals surface area (Å²) >= 11 is 5.67. The van der Waals surface area contributed by atoms with Crippen LogP contribution in [-0.4, -0.2) is 39.8 Å². The molecule has 6 heteroatoms. The van der Waals surface area contributed by atoms with Crippen LogP contribution >= 0.6 is 12.2 Å². The quantitative estimate of drug-likeness (QED) is 0.635. The molecule has 2 aromatic heterocycles. The second-order valence-corrected chi connectivity index (χ2v) is 6.94. The Morgan fingerprint density at radius 1 is 1.32 bits per heavy atom. The summed E-state index contributed by atoms with van der Waals surface area (Å²) in [7, 11) is 3.85. The standard InChI is InChI=1S/C19H26N4OS/c1-13-12-15(14(2)22(13)3)18-17(16-8-5-6-9-20-16)21-19(25)23(18)10-7-11-24-4/h5-6,8-9,12,17-18H,7,10-11H2,1-4H3,(H,21,25)/t17-,18+/m0/s1. The molecule has 0 bridgehead atoms. The molecule has 5 nitrogen and oxygen atoms in total. The van der Waals surface area contributed by atoms with Gasteiger partial charge >= 0.3 is 0 Å². The second kappa shape index (κ2) is 7.54. The molecule has 0 spiro atoms. The van der Waals surface area contributed by atoms with Gasteiger partial charge in [0, 0.05) is 44.9 Å². The first kappa shape index (κ1) is 17.9. The Hall–Kier alpha value is -1.92. The molecular weight excluding hydrogens is 332 g/mol. The van der Waals surface area contributed by atoms with Gasteiger partial charge in [0.2, 0.25) is 0 Å². The van der Waals surface area contributed by atoms with Crippen molar-refractivity contribution in [1.29, 1.82) is 0 Å². The fourth-order valence-corrected chi connectivity index (χ4v) is 3.88. The SMILES string of the molecule is COCCCN1C(=S)N[C@@H](c2ccccn2)[C@H]1c1cc(C)n(C)c1C. The molecule has 0 aromatic carbocycles. The maximum absolute atomic E-state index is 5.67. The number of aromatic nitrogens is 2. The van der Waals surface area contributed by atoms with Crippen molar-refractivity contribution in [3.63, 3.8) is 0 Å². The summed E-state index contributed by atoms with van der Waals surface area (Å²) in [5, 5.41) is 4.29. The molecule has 1 N–H and O–H groups in total. The highest BCUT2D eigenvalue weighted by Crippen LogP contribution is 2.40. The zero-order valence-electron chi connectivity index (χ0n) is 15.3. The van der Waals surface area contributed by atoms with Crippen LogP contribution in [0.5, 0.6) is 0 Å². The Morgan fingerprint density at radius 2 is 2.12 bits per heavy atom. The highest BCUT2D eigenvalue weighted by molar-refractivity contribution is 7.80. The zero-order valence-corrected chi connectivity index (χ0v) is 16.1. The fraction of sp³-hybridized carbons (Fsp3) is 0.474. The van der Waals surface area contributed by atoms with E-state index in [0.717, 1.165) is 30.4 Å². The van der Waals surface area contributed by atoms with E-state index < -0.39 is 0 Å². The van der Waals surface area contributed by atoms with Crippen LogP contribution in [0.25, 0.3) is 0 Å². The zero-order chi connectivity index (χ0) is 18.0. The second-order valence-electron chi connectivity index (χ2n) is 6.55. The predicted octanol–water partition coefficient (Wildman–Crippen LogP) is 3.05. The van der Waals surface area contributed by atoms with Crippen molar-refractivity contribution in [1.82, 2.24) is 19.8 Å². The number of thiocarbonyl (C=S) groups is 1. The largest absolute Gasteiger partial charge is 0.385 e. The van der Waals surface area contributed by atoms with Crippen molar-refractivity contribution >= 4 is 17.3 Å². The van der Waals surface area contributed by atoms with E-state index in [2.05, 4.69) is 52.8 Å². The molecule has 25 heavy (non-hydrogen) atoms. The maximum Gasteiger partial charge on any atom is 0.170 e. The number of rotatable bonds is 6. The van der Waals surface area contributed by atoms with E-state index in [-0.39, 0.29) is 12.1 Å². The first-order valence-electron chi connectivity index (χ1n) is 8.64. The van der Waals surface area contributed by atoms with Gasteiger partial charge in [0.05, 0.1) is 17.8 Å². The number of ether oxygens (including phenoxy) is 1. The minimum atomic E-state index is 0.0525. The summed E-state index contributed by atoms with van der Waals surface area (Å²) in [4.78, 5) is 6.87. The Labute approximate surface area is 155 Å². The van der Waals surface area contributed by atoms with Gasteiger partial charge in [0.25, 0.3) is 0 Å². The lowest BCUT2D eigenvalue weighted by molar-refractivity contribution is 0.180. The van der Waals surface area contributed by atoms with E-state index in [1.807, 2.05) is 18.3 Å². The predicted molar refractivity (Wildman–Crippen MR) is 104 cm³/mol. The number of nitrogens with one attached hydrogen (secondary N) is 1. The molecular formula is C19H26N4OS. The van der Waals surface area contributed by atoms with Crippen molar-refractivity contribution < 1.29 is 4.74 Å². The van der Waals surface area contributed by atoms with Crippen molar-refractivity contribution in [2.45, 2.75) is 32.4 Å². The Balaban J connectivity index is 2.00. The van der Waals surface area contributed by atoms with Gasteiger partial charge < -0.3 is 19.5 Å². The lowest BCUT2D eigenvalue weighted by Crippen LogP contribution is -2.31. The third-order valence-electron chi connectivity index (χ3n) is 5.08. The van der Waals surface area contributed by atoms with Crippen LogP contribution in [0.3, 0.4) is 0 Å². The van der Waals surface area contributed by atoms with E-state index >= 15 is 0 Å². The molecule has 1 saturated heterocycles. The molecule has 134 valence electrons. The fourth-order valence-electron chi connectivity index (χ4n) is 3.55. The molecule has 0 radical (unpaired) electrons.